The maximum atomic E-state index is 5.81. The van der Waals surface area contributed by atoms with Crippen molar-refractivity contribution in [2.75, 3.05) is 13.1 Å². The Morgan fingerprint density at radius 1 is 1.23 bits per heavy atom. The van der Waals surface area contributed by atoms with Gasteiger partial charge in [0.2, 0.25) is 0 Å². The maximum Gasteiger partial charge on any atom is 0.0138 e. The molecule has 0 radical (unpaired) electrons. The predicted octanol–water partition coefficient (Wildman–Crippen LogP) is 1.60. The molecule has 2 nitrogen and oxygen atoms in total. The van der Waals surface area contributed by atoms with Crippen LogP contribution in [-0.4, -0.2) is 30.1 Å². The van der Waals surface area contributed by atoms with Crippen LogP contribution in [0.25, 0.3) is 0 Å². The van der Waals surface area contributed by atoms with Gasteiger partial charge in [-0.15, -0.1) is 0 Å². The van der Waals surface area contributed by atoms with Crippen LogP contribution in [0.4, 0.5) is 0 Å². The van der Waals surface area contributed by atoms with Gasteiger partial charge < -0.3 is 5.73 Å². The van der Waals surface area contributed by atoms with Gasteiger partial charge in [0.1, 0.15) is 0 Å². The first-order chi connectivity index (χ1) is 6.33. The highest BCUT2D eigenvalue weighted by molar-refractivity contribution is 4.90. The number of hydrogen-bond acceptors (Lipinski definition) is 2. The molecule has 0 aromatic heterocycles. The Bertz CT molecular complexity index is 169. The highest BCUT2D eigenvalue weighted by Crippen LogP contribution is 2.33. The van der Waals surface area contributed by atoms with Gasteiger partial charge in [0.05, 0.1) is 0 Å². The monoisotopic (exact) mass is 182 g/mol. The van der Waals surface area contributed by atoms with Gasteiger partial charge in [-0.05, 0) is 51.6 Å². The minimum Gasteiger partial charge on any atom is -0.330 e. The zero-order valence-corrected chi connectivity index (χ0v) is 8.71. The molecular formula is C11H22N2. The van der Waals surface area contributed by atoms with Crippen LogP contribution in [0.3, 0.4) is 0 Å². The van der Waals surface area contributed by atoms with Crippen LogP contribution in [-0.2, 0) is 0 Å². The van der Waals surface area contributed by atoms with Gasteiger partial charge in [-0.3, -0.25) is 4.90 Å². The van der Waals surface area contributed by atoms with Crippen LogP contribution in [0.5, 0.6) is 0 Å². The molecule has 0 bridgehead atoms. The lowest BCUT2D eigenvalue weighted by molar-refractivity contribution is 0.156. The molecule has 0 amide bonds. The zero-order chi connectivity index (χ0) is 9.26. The molecule has 1 saturated heterocycles. The summed E-state index contributed by atoms with van der Waals surface area (Å²) in [5.74, 6) is 0.792. The number of hydrogen-bond donors (Lipinski definition) is 1. The molecule has 3 unspecified atom stereocenters. The minimum absolute atomic E-state index is 0.792. The van der Waals surface area contributed by atoms with Crippen molar-refractivity contribution < 1.29 is 0 Å². The van der Waals surface area contributed by atoms with Crippen LogP contribution in [0.1, 0.15) is 39.0 Å². The average molecular weight is 182 g/mol. The molecule has 1 saturated carbocycles. The van der Waals surface area contributed by atoms with E-state index in [1.165, 1.54) is 38.6 Å². The Morgan fingerprint density at radius 3 is 2.69 bits per heavy atom. The van der Waals surface area contributed by atoms with Crippen molar-refractivity contribution in [2.24, 2.45) is 11.7 Å². The smallest absolute Gasteiger partial charge is 0.0138 e. The van der Waals surface area contributed by atoms with Crippen LogP contribution in [0.2, 0.25) is 0 Å². The number of nitrogens with two attached hydrogens (primary N) is 1. The quantitative estimate of drug-likeness (QED) is 0.703. The molecule has 2 heteroatoms. The van der Waals surface area contributed by atoms with E-state index in [4.69, 9.17) is 5.73 Å². The van der Waals surface area contributed by atoms with E-state index >= 15 is 0 Å². The third-order valence-electron chi connectivity index (χ3n) is 3.95. The van der Waals surface area contributed by atoms with Gasteiger partial charge in [-0.1, -0.05) is 6.42 Å². The number of rotatable bonds is 2. The van der Waals surface area contributed by atoms with Gasteiger partial charge in [0, 0.05) is 12.1 Å². The van der Waals surface area contributed by atoms with E-state index in [2.05, 4.69) is 11.8 Å². The van der Waals surface area contributed by atoms with Gasteiger partial charge in [-0.2, -0.15) is 0 Å². The highest BCUT2D eigenvalue weighted by atomic mass is 15.2. The standard InChI is InChI=1S/C11H22N2/c1-9-4-3-7-13(9)11-6-2-5-10(11)8-12/h9-11H,2-8,12H2,1H3. The van der Waals surface area contributed by atoms with Crippen molar-refractivity contribution in [1.29, 1.82) is 0 Å². The second-order valence-corrected chi connectivity index (χ2v) is 4.72. The SMILES string of the molecule is CC1CCCN1C1CCCC1CN. The highest BCUT2D eigenvalue weighted by Gasteiger charge is 2.35. The number of nitrogens with zero attached hydrogens (tertiary/aromatic N) is 1. The van der Waals surface area contributed by atoms with Gasteiger partial charge in [-0.25, -0.2) is 0 Å². The molecule has 0 aromatic rings. The van der Waals surface area contributed by atoms with E-state index in [0.717, 1.165) is 24.5 Å². The van der Waals surface area contributed by atoms with Crippen molar-refractivity contribution in [2.45, 2.75) is 51.1 Å². The minimum atomic E-state index is 0.792. The first-order valence-corrected chi connectivity index (χ1v) is 5.78. The summed E-state index contributed by atoms with van der Waals surface area (Å²) in [6.07, 6.45) is 6.95. The largest absolute Gasteiger partial charge is 0.330 e. The molecule has 2 N–H and O–H groups in total. The molecule has 1 aliphatic heterocycles. The topological polar surface area (TPSA) is 29.3 Å². The summed E-state index contributed by atoms with van der Waals surface area (Å²) in [6, 6.07) is 1.64. The molecule has 2 fully saturated rings. The second kappa shape index (κ2) is 3.97. The van der Waals surface area contributed by atoms with Gasteiger partial charge in [0.15, 0.2) is 0 Å². The molecule has 3 atom stereocenters. The first-order valence-electron chi connectivity index (χ1n) is 5.78. The van der Waals surface area contributed by atoms with E-state index in [1.54, 1.807) is 0 Å². The summed E-state index contributed by atoms with van der Waals surface area (Å²) >= 11 is 0. The lowest BCUT2D eigenvalue weighted by atomic mass is 10.0. The first kappa shape index (κ1) is 9.47. The fourth-order valence-corrected chi connectivity index (χ4v) is 3.18. The van der Waals surface area contributed by atoms with Crippen molar-refractivity contribution in [3.63, 3.8) is 0 Å². The van der Waals surface area contributed by atoms with Crippen LogP contribution in [0, 0.1) is 5.92 Å². The normalized spacial score (nSPS) is 41.5. The summed E-state index contributed by atoms with van der Waals surface area (Å²) in [6.45, 7) is 4.59. The fourth-order valence-electron chi connectivity index (χ4n) is 3.18. The Kier molecular flexibility index (Phi) is 2.89. The number of likely N-dealkylation sites (tertiary alicyclic amines) is 1. The van der Waals surface area contributed by atoms with Crippen molar-refractivity contribution in [3.05, 3.63) is 0 Å². The van der Waals surface area contributed by atoms with Gasteiger partial charge in [0.25, 0.3) is 0 Å². The lowest BCUT2D eigenvalue weighted by Gasteiger charge is -2.32. The van der Waals surface area contributed by atoms with Gasteiger partial charge >= 0.3 is 0 Å². The second-order valence-electron chi connectivity index (χ2n) is 4.72. The lowest BCUT2D eigenvalue weighted by Crippen LogP contribution is -2.42. The molecule has 13 heavy (non-hydrogen) atoms. The summed E-state index contributed by atoms with van der Waals surface area (Å²) in [7, 11) is 0. The zero-order valence-electron chi connectivity index (χ0n) is 8.71. The maximum absolute atomic E-state index is 5.81. The molecule has 1 heterocycles. The molecular weight excluding hydrogens is 160 g/mol. The van der Waals surface area contributed by atoms with E-state index in [1.807, 2.05) is 0 Å². The van der Waals surface area contributed by atoms with Crippen LogP contribution < -0.4 is 5.73 Å². The van der Waals surface area contributed by atoms with Crippen molar-refractivity contribution in [1.82, 2.24) is 4.90 Å². The van der Waals surface area contributed by atoms with Crippen LogP contribution in [0.15, 0.2) is 0 Å². The van der Waals surface area contributed by atoms with Crippen LogP contribution >= 0.6 is 0 Å². The Hall–Kier alpha value is -0.0800. The van der Waals surface area contributed by atoms with Crippen molar-refractivity contribution >= 4 is 0 Å². The van der Waals surface area contributed by atoms with E-state index < -0.39 is 0 Å². The summed E-state index contributed by atoms with van der Waals surface area (Å²) < 4.78 is 0. The summed E-state index contributed by atoms with van der Waals surface area (Å²) in [5.41, 5.74) is 5.81. The Morgan fingerprint density at radius 2 is 2.08 bits per heavy atom. The fraction of sp³-hybridized carbons (Fsp3) is 1.00. The predicted molar refractivity (Wildman–Crippen MR) is 55.6 cm³/mol. The van der Waals surface area contributed by atoms with E-state index in [0.29, 0.717) is 0 Å². The summed E-state index contributed by atoms with van der Waals surface area (Å²) in [4.78, 5) is 2.71. The van der Waals surface area contributed by atoms with E-state index in [-0.39, 0.29) is 0 Å². The molecule has 2 rings (SSSR count). The molecule has 2 aliphatic rings. The average Bonchev–Trinajstić information content (AvgIpc) is 2.71. The third-order valence-corrected chi connectivity index (χ3v) is 3.95. The Labute approximate surface area is 81.5 Å². The Balaban J connectivity index is 1.98. The molecule has 0 spiro atoms. The molecule has 76 valence electrons. The third kappa shape index (κ3) is 1.75. The molecule has 0 aromatic carbocycles. The van der Waals surface area contributed by atoms with E-state index in [9.17, 15) is 0 Å². The van der Waals surface area contributed by atoms with Crippen molar-refractivity contribution in [3.8, 4) is 0 Å². The summed E-state index contributed by atoms with van der Waals surface area (Å²) in [5, 5.41) is 0. The molecule has 1 aliphatic carbocycles.